The minimum absolute atomic E-state index is 0.390. The van der Waals surface area contributed by atoms with Crippen LogP contribution in [-0.2, 0) is 9.53 Å². The second-order valence-electron chi connectivity index (χ2n) is 4.65. The Bertz CT molecular complexity index is 253. The van der Waals surface area contributed by atoms with Crippen molar-refractivity contribution in [3.8, 4) is 0 Å². The molecule has 0 aliphatic heterocycles. The number of Topliss-reactive ketones (excluding diaryl/α,β-unsaturated/α-hetero) is 1. The largest absolute Gasteiger partial charge is 0.389 e. The summed E-state index contributed by atoms with van der Waals surface area (Å²) in [6.07, 6.45) is -0.906. The van der Waals surface area contributed by atoms with Crippen LogP contribution in [0.5, 0.6) is 0 Å². The van der Waals surface area contributed by atoms with Gasteiger partial charge in [0.1, 0.15) is 5.60 Å². The van der Waals surface area contributed by atoms with E-state index >= 15 is 0 Å². The van der Waals surface area contributed by atoms with Crippen molar-refractivity contribution in [1.29, 1.82) is 0 Å². The van der Waals surface area contributed by atoms with Crippen LogP contribution >= 0.6 is 0 Å². The molecule has 2 nitrogen and oxygen atoms in total. The number of rotatable bonds is 4. The number of methoxy groups -OCH3 is 1. The highest BCUT2D eigenvalue weighted by molar-refractivity contribution is 5.87. The molecule has 0 radical (unpaired) electrons. The Morgan fingerprint density at radius 1 is 1.18 bits per heavy atom. The van der Waals surface area contributed by atoms with E-state index in [1.165, 1.54) is 7.11 Å². The smallest absolute Gasteiger partial charge is 0.370 e. The zero-order valence-corrected chi connectivity index (χ0v) is 10.1. The van der Waals surface area contributed by atoms with Gasteiger partial charge in [0.2, 0.25) is 0 Å². The predicted octanol–water partition coefficient (Wildman–Crippen LogP) is 3.64. The van der Waals surface area contributed by atoms with E-state index in [0.717, 1.165) is 25.7 Å². The quantitative estimate of drug-likeness (QED) is 0.714. The SMILES string of the molecule is COC1(C(=O)CCC(F)(F)F)CCCCCC1. The molecule has 17 heavy (non-hydrogen) atoms. The van der Waals surface area contributed by atoms with Crippen LogP contribution in [0.2, 0.25) is 0 Å². The summed E-state index contributed by atoms with van der Waals surface area (Å²) < 4.78 is 41.6. The van der Waals surface area contributed by atoms with Gasteiger partial charge >= 0.3 is 6.18 Å². The van der Waals surface area contributed by atoms with Crippen LogP contribution in [0.15, 0.2) is 0 Å². The average molecular weight is 252 g/mol. The Kier molecular flexibility index (Phi) is 4.98. The summed E-state index contributed by atoms with van der Waals surface area (Å²) in [5.41, 5.74) is -0.957. The molecule has 1 aliphatic carbocycles. The number of hydrogen-bond acceptors (Lipinski definition) is 2. The van der Waals surface area contributed by atoms with Gasteiger partial charge in [-0.2, -0.15) is 13.2 Å². The van der Waals surface area contributed by atoms with Gasteiger partial charge < -0.3 is 4.74 Å². The van der Waals surface area contributed by atoms with E-state index in [9.17, 15) is 18.0 Å². The highest BCUT2D eigenvalue weighted by Gasteiger charge is 2.40. The molecule has 0 saturated heterocycles. The monoisotopic (exact) mass is 252 g/mol. The second kappa shape index (κ2) is 5.85. The van der Waals surface area contributed by atoms with E-state index in [1.54, 1.807) is 0 Å². The summed E-state index contributed by atoms with van der Waals surface area (Å²) in [6, 6.07) is 0. The summed E-state index contributed by atoms with van der Waals surface area (Å²) in [7, 11) is 1.43. The minimum atomic E-state index is -4.27. The van der Waals surface area contributed by atoms with Gasteiger partial charge in [0, 0.05) is 13.5 Å². The molecule has 0 atom stereocenters. The van der Waals surface area contributed by atoms with Crippen molar-refractivity contribution < 1.29 is 22.7 Å². The molecule has 1 rings (SSSR count). The molecule has 0 aromatic carbocycles. The second-order valence-corrected chi connectivity index (χ2v) is 4.65. The van der Waals surface area contributed by atoms with Crippen LogP contribution in [0.1, 0.15) is 51.4 Å². The maximum atomic E-state index is 12.1. The normalized spacial score (nSPS) is 20.9. The molecule has 0 aromatic heterocycles. The lowest BCUT2D eigenvalue weighted by Crippen LogP contribution is -2.40. The van der Waals surface area contributed by atoms with E-state index in [4.69, 9.17) is 4.74 Å². The molecular weight excluding hydrogens is 233 g/mol. The fraction of sp³-hybridized carbons (Fsp3) is 0.917. The molecule has 1 aliphatic rings. The molecule has 0 heterocycles. The highest BCUT2D eigenvalue weighted by atomic mass is 19.4. The summed E-state index contributed by atoms with van der Waals surface area (Å²) in [5.74, 6) is -0.390. The van der Waals surface area contributed by atoms with Crippen molar-refractivity contribution in [2.75, 3.05) is 7.11 Å². The third kappa shape index (κ3) is 4.30. The van der Waals surface area contributed by atoms with Gasteiger partial charge in [-0.1, -0.05) is 25.7 Å². The first-order chi connectivity index (χ1) is 7.90. The average Bonchev–Trinajstić information content (AvgIpc) is 2.51. The fourth-order valence-corrected chi connectivity index (χ4v) is 2.38. The molecule has 0 N–H and O–H groups in total. The van der Waals surface area contributed by atoms with Crippen LogP contribution in [0.3, 0.4) is 0 Å². The van der Waals surface area contributed by atoms with Gasteiger partial charge in [-0.15, -0.1) is 0 Å². The van der Waals surface area contributed by atoms with Gasteiger partial charge in [0.05, 0.1) is 6.42 Å². The van der Waals surface area contributed by atoms with Crippen LogP contribution in [0, 0.1) is 0 Å². The van der Waals surface area contributed by atoms with Crippen LogP contribution < -0.4 is 0 Å². The molecule has 100 valence electrons. The molecule has 0 unspecified atom stereocenters. The van der Waals surface area contributed by atoms with Crippen molar-refractivity contribution in [3.63, 3.8) is 0 Å². The fourth-order valence-electron chi connectivity index (χ4n) is 2.38. The molecule has 1 fully saturated rings. The first kappa shape index (κ1) is 14.5. The van der Waals surface area contributed by atoms with Crippen molar-refractivity contribution in [3.05, 3.63) is 0 Å². The Morgan fingerprint density at radius 2 is 1.71 bits per heavy atom. The van der Waals surface area contributed by atoms with Crippen molar-refractivity contribution >= 4 is 5.78 Å². The zero-order chi connectivity index (χ0) is 12.9. The molecular formula is C12H19F3O2. The Morgan fingerprint density at radius 3 is 2.12 bits per heavy atom. The maximum Gasteiger partial charge on any atom is 0.389 e. The lowest BCUT2D eigenvalue weighted by molar-refractivity contribution is -0.155. The van der Waals surface area contributed by atoms with Gasteiger partial charge in [0.25, 0.3) is 0 Å². The Labute approximate surface area is 99.5 Å². The third-order valence-corrected chi connectivity index (χ3v) is 3.45. The Hall–Kier alpha value is -0.580. The summed E-state index contributed by atoms with van der Waals surface area (Å²) in [5, 5.41) is 0. The van der Waals surface area contributed by atoms with Crippen molar-refractivity contribution in [2.45, 2.75) is 63.1 Å². The van der Waals surface area contributed by atoms with Gasteiger partial charge in [0.15, 0.2) is 5.78 Å². The first-order valence-electron chi connectivity index (χ1n) is 6.05. The van der Waals surface area contributed by atoms with Gasteiger partial charge in [-0.05, 0) is 12.8 Å². The predicted molar refractivity (Wildman–Crippen MR) is 57.7 cm³/mol. The summed E-state index contributed by atoms with van der Waals surface area (Å²) in [4.78, 5) is 11.9. The number of ether oxygens (including phenoxy) is 1. The van der Waals surface area contributed by atoms with Crippen LogP contribution in [0.4, 0.5) is 13.2 Å². The number of hydrogen-bond donors (Lipinski definition) is 0. The van der Waals surface area contributed by atoms with E-state index in [-0.39, 0.29) is 5.78 Å². The molecule has 1 saturated carbocycles. The lowest BCUT2D eigenvalue weighted by atomic mass is 9.87. The summed E-state index contributed by atoms with van der Waals surface area (Å²) >= 11 is 0. The topological polar surface area (TPSA) is 26.3 Å². The molecule has 0 spiro atoms. The number of carbonyl (C=O) groups excluding carboxylic acids is 1. The van der Waals surface area contributed by atoms with Crippen molar-refractivity contribution in [2.24, 2.45) is 0 Å². The van der Waals surface area contributed by atoms with E-state index < -0.39 is 24.6 Å². The highest BCUT2D eigenvalue weighted by Crippen LogP contribution is 2.33. The maximum absolute atomic E-state index is 12.1. The number of carbonyl (C=O) groups is 1. The lowest BCUT2D eigenvalue weighted by Gasteiger charge is -2.29. The first-order valence-corrected chi connectivity index (χ1v) is 6.05. The van der Waals surface area contributed by atoms with Crippen LogP contribution in [0.25, 0.3) is 0 Å². The zero-order valence-electron chi connectivity index (χ0n) is 10.1. The van der Waals surface area contributed by atoms with Gasteiger partial charge in [-0.3, -0.25) is 4.79 Å². The summed E-state index contributed by atoms with van der Waals surface area (Å²) in [6.45, 7) is 0. The number of halogens is 3. The third-order valence-electron chi connectivity index (χ3n) is 3.45. The van der Waals surface area contributed by atoms with E-state index in [1.807, 2.05) is 0 Å². The molecule has 5 heteroatoms. The van der Waals surface area contributed by atoms with E-state index in [0.29, 0.717) is 12.8 Å². The Balaban J connectivity index is 2.61. The number of ketones is 1. The molecule has 0 aromatic rings. The van der Waals surface area contributed by atoms with Crippen molar-refractivity contribution in [1.82, 2.24) is 0 Å². The van der Waals surface area contributed by atoms with Gasteiger partial charge in [-0.25, -0.2) is 0 Å². The molecule has 0 bridgehead atoms. The standard InChI is InChI=1S/C12H19F3O2/c1-17-11(7-4-2-3-5-8-11)10(16)6-9-12(13,14)15/h2-9H2,1H3. The van der Waals surface area contributed by atoms with Crippen LogP contribution in [-0.4, -0.2) is 24.7 Å². The van der Waals surface area contributed by atoms with E-state index in [2.05, 4.69) is 0 Å². The minimum Gasteiger partial charge on any atom is -0.370 e. The number of alkyl halides is 3. The molecule has 0 amide bonds.